The van der Waals surface area contributed by atoms with Gasteiger partial charge in [0.25, 0.3) is 0 Å². The minimum absolute atomic E-state index is 0.0732. The van der Waals surface area contributed by atoms with Crippen molar-refractivity contribution in [3.05, 3.63) is 35.9 Å². The number of carbonyl (C=O) groups is 1. The molecule has 2 N–H and O–H groups in total. The van der Waals surface area contributed by atoms with Gasteiger partial charge in [-0.25, -0.2) is 0 Å². The van der Waals surface area contributed by atoms with Crippen molar-refractivity contribution in [3.63, 3.8) is 0 Å². The van der Waals surface area contributed by atoms with E-state index in [-0.39, 0.29) is 11.6 Å². The first-order valence-corrected chi connectivity index (χ1v) is 7.08. The molecule has 0 aromatic heterocycles. The molecule has 1 saturated heterocycles. The van der Waals surface area contributed by atoms with E-state index in [0.717, 1.165) is 19.4 Å². The van der Waals surface area contributed by atoms with Gasteiger partial charge < -0.3 is 10.6 Å². The van der Waals surface area contributed by atoms with Gasteiger partial charge in [0.2, 0.25) is 5.91 Å². The number of hydrogen-bond donors (Lipinski definition) is 2. The first kappa shape index (κ1) is 15.8. The average Bonchev–Trinajstić information content (AvgIpc) is 2.45. The average molecular weight is 300 g/mol. The standard InChI is InChI=1S/C15H19F3N2O/c16-15(17,18)13(11-5-2-1-3-6-11)9-14(21)20-12-7-4-8-19-10-12/h1-3,5-6,12-13,19H,4,7-10H2,(H,20,21). The Kier molecular flexibility index (Phi) is 5.22. The number of benzene rings is 1. The third kappa shape index (κ3) is 4.74. The third-order valence-corrected chi connectivity index (χ3v) is 3.65. The van der Waals surface area contributed by atoms with Gasteiger partial charge >= 0.3 is 6.18 Å². The SMILES string of the molecule is O=C(CC(c1ccccc1)C(F)(F)F)NC1CCCNC1. The molecule has 0 bridgehead atoms. The van der Waals surface area contributed by atoms with Gasteiger partial charge in [-0.05, 0) is 24.9 Å². The number of carbonyl (C=O) groups excluding carboxylic acids is 1. The molecule has 6 heteroatoms. The van der Waals surface area contributed by atoms with Crippen molar-refractivity contribution in [2.24, 2.45) is 0 Å². The van der Waals surface area contributed by atoms with Crippen LogP contribution in [0.25, 0.3) is 0 Å². The second kappa shape index (κ2) is 6.93. The Hall–Kier alpha value is -1.56. The van der Waals surface area contributed by atoms with E-state index in [9.17, 15) is 18.0 Å². The molecule has 0 saturated carbocycles. The molecule has 2 unspecified atom stereocenters. The van der Waals surface area contributed by atoms with Gasteiger partial charge in [-0.2, -0.15) is 13.2 Å². The van der Waals surface area contributed by atoms with Crippen molar-refractivity contribution in [1.29, 1.82) is 0 Å². The van der Waals surface area contributed by atoms with Crippen LogP contribution >= 0.6 is 0 Å². The molecule has 21 heavy (non-hydrogen) atoms. The number of nitrogens with one attached hydrogen (secondary N) is 2. The first-order valence-electron chi connectivity index (χ1n) is 7.08. The van der Waals surface area contributed by atoms with Crippen LogP contribution in [-0.2, 0) is 4.79 Å². The highest BCUT2D eigenvalue weighted by atomic mass is 19.4. The normalized spacial score (nSPS) is 20.8. The predicted octanol–water partition coefficient (Wildman–Crippen LogP) is 2.59. The summed E-state index contributed by atoms with van der Waals surface area (Å²) in [7, 11) is 0. The van der Waals surface area contributed by atoms with Gasteiger partial charge in [0.1, 0.15) is 0 Å². The zero-order valence-corrected chi connectivity index (χ0v) is 11.6. The van der Waals surface area contributed by atoms with E-state index in [2.05, 4.69) is 10.6 Å². The van der Waals surface area contributed by atoms with Gasteiger partial charge in [-0.1, -0.05) is 30.3 Å². The molecule has 1 heterocycles. The summed E-state index contributed by atoms with van der Waals surface area (Å²) >= 11 is 0. The van der Waals surface area contributed by atoms with Crippen molar-refractivity contribution < 1.29 is 18.0 Å². The van der Waals surface area contributed by atoms with Crippen LogP contribution in [0.5, 0.6) is 0 Å². The largest absolute Gasteiger partial charge is 0.396 e. The number of amides is 1. The number of alkyl halides is 3. The van der Waals surface area contributed by atoms with E-state index < -0.39 is 24.4 Å². The molecule has 1 aromatic carbocycles. The zero-order valence-electron chi connectivity index (χ0n) is 11.6. The van der Waals surface area contributed by atoms with Crippen LogP contribution in [-0.4, -0.2) is 31.2 Å². The molecule has 2 atom stereocenters. The monoisotopic (exact) mass is 300 g/mol. The second-order valence-corrected chi connectivity index (χ2v) is 5.32. The van der Waals surface area contributed by atoms with Crippen molar-refractivity contribution in [3.8, 4) is 0 Å². The summed E-state index contributed by atoms with van der Waals surface area (Å²) < 4.78 is 39.5. The minimum Gasteiger partial charge on any atom is -0.352 e. The summed E-state index contributed by atoms with van der Waals surface area (Å²) in [4.78, 5) is 11.9. The summed E-state index contributed by atoms with van der Waals surface area (Å²) in [5.74, 6) is -2.30. The molecule has 1 aliphatic heterocycles. The maximum atomic E-state index is 13.2. The van der Waals surface area contributed by atoms with Crippen molar-refractivity contribution in [1.82, 2.24) is 10.6 Å². The highest BCUT2D eigenvalue weighted by Gasteiger charge is 2.42. The van der Waals surface area contributed by atoms with Crippen LogP contribution in [0.3, 0.4) is 0 Å². The summed E-state index contributed by atoms with van der Waals surface area (Å²) in [6, 6.07) is 7.51. The molecule has 1 fully saturated rings. The molecule has 1 aromatic rings. The Bertz CT molecular complexity index is 456. The smallest absolute Gasteiger partial charge is 0.352 e. The lowest BCUT2D eigenvalue weighted by Gasteiger charge is -2.25. The topological polar surface area (TPSA) is 41.1 Å². The van der Waals surface area contributed by atoms with Gasteiger partial charge in [-0.3, -0.25) is 4.79 Å². The molecule has 1 amide bonds. The Morgan fingerprint density at radius 3 is 2.62 bits per heavy atom. The van der Waals surface area contributed by atoms with Crippen LogP contribution in [0.1, 0.15) is 30.7 Å². The summed E-state index contributed by atoms with van der Waals surface area (Å²) in [5.41, 5.74) is 0.127. The maximum absolute atomic E-state index is 13.2. The Morgan fingerprint density at radius 2 is 2.05 bits per heavy atom. The van der Waals surface area contributed by atoms with Gasteiger partial charge in [0, 0.05) is 19.0 Å². The third-order valence-electron chi connectivity index (χ3n) is 3.65. The predicted molar refractivity (Wildman–Crippen MR) is 73.9 cm³/mol. The maximum Gasteiger partial charge on any atom is 0.396 e. The van der Waals surface area contributed by atoms with E-state index in [4.69, 9.17) is 0 Å². The van der Waals surface area contributed by atoms with E-state index >= 15 is 0 Å². The molecule has 0 aliphatic carbocycles. The second-order valence-electron chi connectivity index (χ2n) is 5.32. The number of piperidine rings is 1. The Morgan fingerprint density at radius 1 is 1.33 bits per heavy atom. The molecular weight excluding hydrogens is 281 g/mol. The molecule has 3 nitrogen and oxygen atoms in total. The lowest BCUT2D eigenvalue weighted by Crippen LogP contribution is -2.46. The molecule has 2 rings (SSSR count). The van der Waals surface area contributed by atoms with Gasteiger partial charge in [0.15, 0.2) is 0 Å². The van der Waals surface area contributed by atoms with Crippen molar-refractivity contribution in [2.45, 2.75) is 37.4 Å². The number of hydrogen-bond acceptors (Lipinski definition) is 2. The fraction of sp³-hybridized carbons (Fsp3) is 0.533. The zero-order chi connectivity index (χ0) is 15.3. The van der Waals surface area contributed by atoms with E-state index in [1.165, 1.54) is 12.1 Å². The van der Waals surface area contributed by atoms with Gasteiger partial charge in [-0.15, -0.1) is 0 Å². The fourth-order valence-electron chi connectivity index (χ4n) is 2.55. The summed E-state index contributed by atoms with van der Waals surface area (Å²) in [6.07, 6.45) is -3.26. The number of rotatable bonds is 4. The molecular formula is C15H19F3N2O. The van der Waals surface area contributed by atoms with E-state index in [0.29, 0.717) is 6.54 Å². The fourth-order valence-corrected chi connectivity index (χ4v) is 2.55. The summed E-state index contributed by atoms with van der Waals surface area (Å²) in [5, 5.41) is 5.81. The Balaban J connectivity index is 2.00. The van der Waals surface area contributed by atoms with Crippen molar-refractivity contribution in [2.75, 3.05) is 13.1 Å². The highest BCUT2D eigenvalue weighted by Crippen LogP contribution is 2.37. The van der Waals surface area contributed by atoms with Crippen LogP contribution < -0.4 is 10.6 Å². The van der Waals surface area contributed by atoms with E-state index in [1.807, 2.05) is 0 Å². The molecule has 0 radical (unpaired) electrons. The van der Waals surface area contributed by atoms with Gasteiger partial charge in [0.05, 0.1) is 5.92 Å². The van der Waals surface area contributed by atoms with Crippen molar-refractivity contribution >= 4 is 5.91 Å². The molecule has 0 spiro atoms. The quantitative estimate of drug-likeness (QED) is 0.897. The van der Waals surface area contributed by atoms with Crippen LogP contribution in [0.15, 0.2) is 30.3 Å². The van der Waals surface area contributed by atoms with Crippen LogP contribution in [0, 0.1) is 0 Å². The van der Waals surface area contributed by atoms with Crippen LogP contribution in [0.2, 0.25) is 0 Å². The Labute approximate surface area is 121 Å². The molecule has 1 aliphatic rings. The number of halogens is 3. The highest BCUT2D eigenvalue weighted by molar-refractivity contribution is 5.77. The molecule has 116 valence electrons. The first-order chi connectivity index (χ1) is 9.97. The van der Waals surface area contributed by atoms with E-state index in [1.54, 1.807) is 18.2 Å². The summed E-state index contributed by atoms with van der Waals surface area (Å²) in [6.45, 7) is 1.51. The minimum atomic E-state index is -4.43. The lowest BCUT2D eigenvalue weighted by atomic mass is 9.94. The van der Waals surface area contributed by atoms with Crippen LogP contribution in [0.4, 0.5) is 13.2 Å². The lowest BCUT2D eigenvalue weighted by molar-refractivity contribution is -0.157.